The molecule has 0 spiro atoms. The van der Waals surface area contributed by atoms with Gasteiger partial charge in [0.25, 0.3) is 0 Å². The third-order valence-corrected chi connectivity index (χ3v) is 9.26. The standard InChI is InChI=1S/C37H38N6O2/c1-37(2,3)45-36(44)43-18-6-9-33(43)35-40-30-17-13-26(21-32(30)42-35)28-15-12-25-19-23(10-14-27(25)38-28)24-11-16-29-31(20-24)41-34(39-29)22-7-4-5-8-22/h10-17,19-22,33H,4-9,18H2,1-3H3,(H,39,41)(H,40,42). The molecule has 2 N–H and O–H groups in total. The minimum absolute atomic E-state index is 0.119. The van der Waals surface area contributed by atoms with E-state index >= 15 is 0 Å². The Kier molecular flexibility index (Phi) is 6.62. The zero-order valence-electron chi connectivity index (χ0n) is 26.1. The first kappa shape index (κ1) is 27.8. The normalized spacial score (nSPS) is 17.7. The molecular weight excluding hydrogens is 560 g/mol. The highest BCUT2D eigenvalue weighted by atomic mass is 16.6. The average Bonchev–Trinajstić information content (AvgIpc) is 3.84. The van der Waals surface area contributed by atoms with E-state index < -0.39 is 5.60 Å². The SMILES string of the molecule is CC(C)(C)OC(=O)N1CCCC1c1nc2ccc(-c3ccc4cc(-c5ccc6nc(C7CCCC7)[nH]c6c5)ccc4n3)cc2[nH]1. The Bertz CT molecular complexity index is 2060. The van der Waals surface area contributed by atoms with E-state index in [1.165, 1.54) is 31.2 Å². The monoisotopic (exact) mass is 598 g/mol. The van der Waals surface area contributed by atoms with Crippen LogP contribution in [0.1, 0.15) is 82.9 Å². The second-order valence-electron chi connectivity index (χ2n) is 13.6. The number of amides is 1. The van der Waals surface area contributed by atoms with Crippen molar-refractivity contribution >= 4 is 39.1 Å². The van der Waals surface area contributed by atoms with Crippen LogP contribution in [0.15, 0.2) is 66.7 Å². The maximum absolute atomic E-state index is 12.9. The number of likely N-dealkylation sites (tertiary alicyclic amines) is 1. The first-order valence-electron chi connectivity index (χ1n) is 16.2. The second kappa shape index (κ2) is 10.7. The number of carbonyl (C=O) groups is 1. The van der Waals surface area contributed by atoms with Gasteiger partial charge in [0.15, 0.2) is 0 Å². The van der Waals surface area contributed by atoms with Crippen molar-refractivity contribution in [2.75, 3.05) is 6.54 Å². The molecule has 1 aliphatic heterocycles. The molecule has 6 aromatic rings. The predicted molar refractivity (Wildman–Crippen MR) is 178 cm³/mol. The summed E-state index contributed by atoms with van der Waals surface area (Å²) >= 11 is 0. The molecule has 8 rings (SSSR count). The largest absolute Gasteiger partial charge is 0.444 e. The van der Waals surface area contributed by atoms with Crippen molar-refractivity contribution < 1.29 is 9.53 Å². The highest BCUT2D eigenvalue weighted by Gasteiger charge is 2.35. The Morgan fingerprint density at radius 2 is 1.38 bits per heavy atom. The molecule has 1 atom stereocenters. The molecule has 8 heteroatoms. The van der Waals surface area contributed by atoms with Gasteiger partial charge in [0, 0.05) is 23.4 Å². The van der Waals surface area contributed by atoms with E-state index in [4.69, 9.17) is 19.7 Å². The number of hydrogen-bond donors (Lipinski definition) is 2. The van der Waals surface area contributed by atoms with Gasteiger partial charge in [0.2, 0.25) is 0 Å². The lowest BCUT2D eigenvalue weighted by Crippen LogP contribution is -2.36. The minimum atomic E-state index is -0.533. The molecule has 45 heavy (non-hydrogen) atoms. The molecule has 4 heterocycles. The van der Waals surface area contributed by atoms with Crippen LogP contribution < -0.4 is 0 Å². The maximum atomic E-state index is 12.9. The number of ether oxygens (including phenoxy) is 1. The summed E-state index contributed by atoms with van der Waals surface area (Å²) in [6.45, 7) is 6.35. The lowest BCUT2D eigenvalue weighted by Gasteiger charge is -2.27. The number of rotatable bonds is 4. The summed E-state index contributed by atoms with van der Waals surface area (Å²) in [6.07, 6.45) is 6.57. The van der Waals surface area contributed by atoms with Gasteiger partial charge in [-0.1, -0.05) is 37.1 Å². The first-order valence-corrected chi connectivity index (χ1v) is 16.2. The summed E-state index contributed by atoms with van der Waals surface area (Å²) in [5.74, 6) is 2.51. The van der Waals surface area contributed by atoms with Crippen LogP contribution in [0.3, 0.4) is 0 Å². The molecule has 2 fully saturated rings. The van der Waals surface area contributed by atoms with Crippen molar-refractivity contribution in [2.24, 2.45) is 0 Å². The number of carbonyl (C=O) groups excluding carboxylic acids is 1. The number of benzene rings is 3. The van der Waals surface area contributed by atoms with Crippen LogP contribution in [0.5, 0.6) is 0 Å². The van der Waals surface area contributed by atoms with E-state index in [0.29, 0.717) is 12.5 Å². The Morgan fingerprint density at radius 3 is 2.13 bits per heavy atom. The molecule has 1 aliphatic carbocycles. The number of nitrogens with zero attached hydrogens (tertiary/aromatic N) is 4. The number of aromatic nitrogens is 5. The minimum Gasteiger partial charge on any atom is -0.444 e. The van der Waals surface area contributed by atoms with Crippen LogP contribution in [0.4, 0.5) is 4.79 Å². The molecule has 1 amide bonds. The van der Waals surface area contributed by atoms with Gasteiger partial charge in [0.1, 0.15) is 17.2 Å². The summed E-state index contributed by atoms with van der Waals surface area (Å²) in [5, 5.41) is 1.10. The highest BCUT2D eigenvalue weighted by molar-refractivity contribution is 5.89. The fraction of sp³-hybridized carbons (Fsp3) is 0.351. The van der Waals surface area contributed by atoms with Crippen molar-refractivity contribution in [1.82, 2.24) is 29.8 Å². The molecule has 0 radical (unpaired) electrons. The van der Waals surface area contributed by atoms with Crippen LogP contribution in [0.25, 0.3) is 55.4 Å². The number of hydrogen-bond acceptors (Lipinski definition) is 5. The maximum Gasteiger partial charge on any atom is 0.410 e. The van der Waals surface area contributed by atoms with E-state index in [1.807, 2.05) is 26.8 Å². The number of fused-ring (bicyclic) bond motifs is 3. The fourth-order valence-corrected chi connectivity index (χ4v) is 7.00. The van der Waals surface area contributed by atoms with E-state index in [1.54, 1.807) is 4.90 Å². The van der Waals surface area contributed by atoms with Gasteiger partial charge in [-0.3, -0.25) is 4.90 Å². The summed E-state index contributed by atoms with van der Waals surface area (Å²) in [6, 6.07) is 23.3. The summed E-state index contributed by atoms with van der Waals surface area (Å²) in [5.41, 5.74) is 8.62. The number of pyridine rings is 1. The predicted octanol–water partition coefficient (Wildman–Crippen LogP) is 9.05. The molecular formula is C37H38N6O2. The van der Waals surface area contributed by atoms with Crippen LogP contribution >= 0.6 is 0 Å². The zero-order chi connectivity index (χ0) is 30.7. The Balaban J connectivity index is 1.04. The third kappa shape index (κ3) is 5.32. The van der Waals surface area contributed by atoms with E-state index in [2.05, 4.69) is 70.6 Å². The number of imidazole rings is 2. The van der Waals surface area contributed by atoms with Gasteiger partial charge in [-0.15, -0.1) is 0 Å². The Hall–Kier alpha value is -4.72. The first-order chi connectivity index (χ1) is 21.8. The number of aromatic amines is 2. The van der Waals surface area contributed by atoms with E-state index in [0.717, 1.165) is 74.3 Å². The van der Waals surface area contributed by atoms with Crippen molar-refractivity contribution in [3.8, 4) is 22.4 Å². The van der Waals surface area contributed by atoms with Crippen LogP contribution in [-0.4, -0.2) is 48.1 Å². The zero-order valence-corrected chi connectivity index (χ0v) is 26.1. The van der Waals surface area contributed by atoms with Gasteiger partial charge >= 0.3 is 6.09 Å². The lowest BCUT2D eigenvalue weighted by atomic mass is 10.0. The van der Waals surface area contributed by atoms with Crippen LogP contribution in [-0.2, 0) is 4.74 Å². The van der Waals surface area contributed by atoms with Crippen molar-refractivity contribution in [2.45, 2.75) is 76.9 Å². The molecule has 2 aliphatic rings. The molecule has 8 nitrogen and oxygen atoms in total. The van der Waals surface area contributed by atoms with Gasteiger partial charge < -0.3 is 14.7 Å². The fourth-order valence-electron chi connectivity index (χ4n) is 7.00. The summed E-state index contributed by atoms with van der Waals surface area (Å²) in [7, 11) is 0. The third-order valence-electron chi connectivity index (χ3n) is 9.26. The number of H-pyrrole nitrogens is 2. The lowest BCUT2D eigenvalue weighted by molar-refractivity contribution is 0.0219. The topological polar surface area (TPSA) is 99.8 Å². The average molecular weight is 599 g/mol. The molecule has 228 valence electrons. The molecule has 1 saturated carbocycles. The van der Waals surface area contributed by atoms with E-state index in [-0.39, 0.29) is 12.1 Å². The van der Waals surface area contributed by atoms with Crippen molar-refractivity contribution in [3.05, 3.63) is 78.4 Å². The van der Waals surface area contributed by atoms with Gasteiger partial charge in [-0.05, 0) is 100 Å². The van der Waals surface area contributed by atoms with Crippen LogP contribution in [0, 0.1) is 0 Å². The summed E-state index contributed by atoms with van der Waals surface area (Å²) in [4.78, 5) is 36.5. The van der Waals surface area contributed by atoms with Gasteiger partial charge in [-0.25, -0.2) is 19.7 Å². The summed E-state index contributed by atoms with van der Waals surface area (Å²) < 4.78 is 5.66. The molecule has 1 saturated heterocycles. The van der Waals surface area contributed by atoms with Gasteiger partial charge in [0.05, 0.1) is 39.3 Å². The molecule has 3 aromatic heterocycles. The van der Waals surface area contributed by atoms with Crippen molar-refractivity contribution in [3.63, 3.8) is 0 Å². The molecule has 3 aromatic carbocycles. The van der Waals surface area contributed by atoms with E-state index in [9.17, 15) is 4.79 Å². The molecule has 1 unspecified atom stereocenters. The second-order valence-corrected chi connectivity index (χ2v) is 13.6. The van der Waals surface area contributed by atoms with Crippen molar-refractivity contribution in [1.29, 1.82) is 0 Å². The Labute approximate surface area is 262 Å². The molecule has 0 bridgehead atoms. The Morgan fingerprint density at radius 1 is 0.733 bits per heavy atom. The highest BCUT2D eigenvalue weighted by Crippen LogP contribution is 2.36. The quantitative estimate of drug-likeness (QED) is 0.211. The smallest absolute Gasteiger partial charge is 0.410 e. The number of nitrogens with one attached hydrogen (secondary N) is 2. The van der Waals surface area contributed by atoms with Gasteiger partial charge in [-0.2, -0.15) is 0 Å². The van der Waals surface area contributed by atoms with Crippen LogP contribution in [0.2, 0.25) is 0 Å².